The minimum Gasteiger partial charge on any atom is -0.399 e. The minimum absolute atomic E-state index is 0.0730. The molecule has 3 N–H and O–H groups in total. The summed E-state index contributed by atoms with van der Waals surface area (Å²) in [4.78, 5) is 16.0. The molecule has 1 amide bonds. The summed E-state index contributed by atoms with van der Waals surface area (Å²) in [7, 11) is 0. The molecule has 5 heteroatoms. The highest BCUT2D eigenvalue weighted by Gasteiger charge is 2.04. The number of unbranched alkanes of at least 4 members (excludes halogenated alkanes) is 1. The number of hydrogen-bond acceptors (Lipinski definition) is 3. The largest absolute Gasteiger partial charge is 0.399 e. The molecule has 0 fully saturated rings. The van der Waals surface area contributed by atoms with Crippen molar-refractivity contribution in [2.45, 2.75) is 26.3 Å². The number of nitrogens with zero attached hydrogens (tertiary/aromatic N) is 2. The number of benzene rings is 1. The van der Waals surface area contributed by atoms with Gasteiger partial charge in [-0.2, -0.15) is 0 Å². The monoisotopic (exact) mass is 272 g/mol. The second-order valence-corrected chi connectivity index (χ2v) is 4.76. The van der Waals surface area contributed by atoms with Gasteiger partial charge in [0, 0.05) is 36.7 Å². The number of nitrogens with two attached hydrogens (primary N) is 1. The van der Waals surface area contributed by atoms with Gasteiger partial charge in [0.15, 0.2) is 0 Å². The molecule has 2 aromatic rings. The number of nitrogens with one attached hydrogen (secondary N) is 1. The number of anilines is 1. The Balaban J connectivity index is 1.68. The molecule has 0 radical (unpaired) electrons. The van der Waals surface area contributed by atoms with Crippen LogP contribution in [0.2, 0.25) is 0 Å². The molecular formula is C15H20N4O. The first-order valence-corrected chi connectivity index (χ1v) is 6.78. The summed E-state index contributed by atoms with van der Waals surface area (Å²) in [5, 5.41) is 2.90. The molecule has 0 spiro atoms. The fraction of sp³-hybridized carbons (Fsp3) is 0.333. The van der Waals surface area contributed by atoms with Crippen LogP contribution in [-0.4, -0.2) is 22.0 Å². The Kier molecular flexibility index (Phi) is 4.76. The van der Waals surface area contributed by atoms with Crippen LogP contribution in [0.4, 0.5) is 5.69 Å². The smallest absolute Gasteiger partial charge is 0.251 e. The van der Waals surface area contributed by atoms with Crippen molar-refractivity contribution >= 4 is 11.6 Å². The van der Waals surface area contributed by atoms with Gasteiger partial charge in [-0.05, 0) is 38.0 Å². The first-order chi connectivity index (χ1) is 9.66. The summed E-state index contributed by atoms with van der Waals surface area (Å²) in [6, 6.07) is 7.00. The summed E-state index contributed by atoms with van der Waals surface area (Å²) < 4.78 is 2.11. The maximum Gasteiger partial charge on any atom is 0.251 e. The molecule has 106 valence electrons. The zero-order valence-electron chi connectivity index (χ0n) is 11.7. The van der Waals surface area contributed by atoms with Gasteiger partial charge in [0.25, 0.3) is 5.91 Å². The second-order valence-electron chi connectivity index (χ2n) is 4.76. The van der Waals surface area contributed by atoms with Crippen LogP contribution >= 0.6 is 0 Å². The second kappa shape index (κ2) is 6.75. The molecule has 5 nitrogen and oxygen atoms in total. The summed E-state index contributed by atoms with van der Waals surface area (Å²) in [5.74, 6) is 0.949. The Bertz CT molecular complexity index is 577. The Hall–Kier alpha value is -2.30. The molecule has 0 aliphatic rings. The molecule has 1 aromatic heterocycles. The molecular weight excluding hydrogens is 252 g/mol. The van der Waals surface area contributed by atoms with Crippen molar-refractivity contribution in [2.24, 2.45) is 0 Å². The fourth-order valence-corrected chi connectivity index (χ4v) is 2.03. The van der Waals surface area contributed by atoms with E-state index in [1.807, 2.05) is 13.1 Å². The number of amides is 1. The van der Waals surface area contributed by atoms with E-state index >= 15 is 0 Å². The third kappa shape index (κ3) is 3.85. The van der Waals surface area contributed by atoms with E-state index in [9.17, 15) is 4.79 Å². The Morgan fingerprint density at radius 2 is 2.25 bits per heavy atom. The van der Waals surface area contributed by atoms with E-state index < -0.39 is 0 Å². The maximum atomic E-state index is 11.9. The van der Waals surface area contributed by atoms with Gasteiger partial charge < -0.3 is 15.6 Å². The van der Waals surface area contributed by atoms with Gasteiger partial charge >= 0.3 is 0 Å². The van der Waals surface area contributed by atoms with Crippen molar-refractivity contribution in [2.75, 3.05) is 12.3 Å². The molecule has 1 heterocycles. The molecule has 0 aliphatic carbocycles. The highest BCUT2D eigenvalue weighted by atomic mass is 16.1. The number of rotatable bonds is 6. The maximum absolute atomic E-state index is 11.9. The van der Waals surface area contributed by atoms with Gasteiger partial charge in [0.1, 0.15) is 5.82 Å². The van der Waals surface area contributed by atoms with E-state index in [1.165, 1.54) is 0 Å². The molecule has 1 aromatic carbocycles. The number of imidazole rings is 1. The minimum atomic E-state index is -0.0730. The van der Waals surface area contributed by atoms with Gasteiger partial charge in [-0.3, -0.25) is 4.79 Å². The van der Waals surface area contributed by atoms with Crippen molar-refractivity contribution in [1.29, 1.82) is 0 Å². The molecule has 0 saturated heterocycles. The molecule has 2 rings (SSSR count). The number of aromatic nitrogens is 2. The standard InChI is InChI=1S/C15H20N4O/c1-12-17-8-10-19(12)9-3-2-7-18-15(20)13-5-4-6-14(16)11-13/h4-6,8,10-11H,2-3,7,9,16H2,1H3,(H,18,20). The predicted molar refractivity (Wildman–Crippen MR) is 79.4 cm³/mol. The predicted octanol–water partition coefficient (Wildman–Crippen LogP) is 1.98. The van der Waals surface area contributed by atoms with E-state index in [1.54, 1.807) is 30.5 Å². The Labute approximate surface area is 118 Å². The van der Waals surface area contributed by atoms with Crippen molar-refractivity contribution in [3.8, 4) is 0 Å². The molecule has 0 saturated carbocycles. The number of carbonyl (C=O) groups is 1. The summed E-state index contributed by atoms with van der Waals surface area (Å²) >= 11 is 0. The lowest BCUT2D eigenvalue weighted by molar-refractivity contribution is 0.0953. The zero-order chi connectivity index (χ0) is 14.4. The average Bonchev–Trinajstić information content (AvgIpc) is 2.84. The van der Waals surface area contributed by atoms with Crippen LogP contribution in [0.5, 0.6) is 0 Å². The lowest BCUT2D eigenvalue weighted by Gasteiger charge is -2.07. The van der Waals surface area contributed by atoms with Crippen LogP contribution in [0, 0.1) is 6.92 Å². The highest BCUT2D eigenvalue weighted by Crippen LogP contribution is 2.06. The number of nitrogen functional groups attached to an aromatic ring is 1. The van der Waals surface area contributed by atoms with Crippen molar-refractivity contribution in [3.05, 3.63) is 48.0 Å². The third-order valence-corrected chi connectivity index (χ3v) is 3.18. The van der Waals surface area contributed by atoms with Crippen LogP contribution in [0.25, 0.3) is 0 Å². The van der Waals surface area contributed by atoms with E-state index in [0.29, 0.717) is 17.8 Å². The summed E-state index contributed by atoms with van der Waals surface area (Å²) in [6.07, 6.45) is 5.72. The Morgan fingerprint density at radius 1 is 1.40 bits per heavy atom. The average molecular weight is 272 g/mol. The van der Waals surface area contributed by atoms with Crippen molar-refractivity contribution in [1.82, 2.24) is 14.9 Å². The topological polar surface area (TPSA) is 72.9 Å². The van der Waals surface area contributed by atoms with Gasteiger partial charge in [-0.25, -0.2) is 4.98 Å². The summed E-state index contributed by atoms with van der Waals surface area (Å²) in [6.45, 7) is 3.59. The SMILES string of the molecule is Cc1nccn1CCCCNC(=O)c1cccc(N)c1. The van der Waals surface area contributed by atoms with Crippen LogP contribution in [0.15, 0.2) is 36.7 Å². The molecule has 0 bridgehead atoms. The van der Waals surface area contributed by atoms with E-state index in [0.717, 1.165) is 25.2 Å². The first kappa shape index (κ1) is 14.1. The lowest BCUT2D eigenvalue weighted by Crippen LogP contribution is -2.24. The van der Waals surface area contributed by atoms with E-state index in [-0.39, 0.29) is 5.91 Å². The van der Waals surface area contributed by atoms with Crippen LogP contribution in [0.1, 0.15) is 29.0 Å². The van der Waals surface area contributed by atoms with Crippen LogP contribution in [-0.2, 0) is 6.54 Å². The van der Waals surface area contributed by atoms with Crippen molar-refractivity contribution < 1.29 is 4.79 Å². The Morgan fingerprint density at radius 3 is 2.95 bits per heavy atom. The zero-order valence-corrected chi connectivity index (χ0v) is 11.7. The molecule has 20 heavy (non-hydrogen) atoms. The summed E-state index contributed by atoms with van der Waals surface area (Å²) in [5.41, 5.74) is 6.86. The quantitative estimate of drug-likeness (QED) is 0.624. The van der Waals surface area contributed by atoms with Gasteiger partial charge in [-0.15, -0.1) is 0 Å². The lowest BCUT2D eigenvalue weighted by atomic mass is 10.2. The number of carbonyl (C=O) groups excluding carboxylic acids is 1. The third-order valence-electron chi connectivity index (χ3n) is 3.18. The number of aryl methyl sites for hydroxylation is 2. The molecule has 0 unspecified atom stereocenters. The highest BCUT2D eigenvalue weighted by molar-refractivity contribution is 5.94. The molecule has 0 aliphatic heterocycles. The van der Waals surface area contributed by atoms with E-state index in [2.05, 4.69) is 14.9 Å². The van der Waals surface area contributed by atoms with Gasteiger partial charge in [-0.1, -0.05) is 6.07 Å². The van der Waals surface area contributed by atoms with Crippen LogP contribution < -0.4 is 11.1 Å². The fourth-order valence-electron chi connectivity index (χ4n) is 2.03. The van der Waals surface area contributed by atoms with Gasteiger partial charge in [0.05, 0.1) is 0 Å². The van der Waals surface area contributed by atoms with E-state index in [4.69, 9.17) is 5.73 Å². The van der Waals surface area contributed by atoms with Crippen LogP contribution in [0.3, 0.4) is 0 Å². The number of hydrogen-bond donors (Lipinski definition) is 2. The first-order valence-electron chi connectivity index (χ1n) is 6.78. The normalized spacial score (nSPS) is 10.4. The molecule has 0 atom stereocenters. The van der Waals surface area contributed by atoms with Gasteiger partial charge in [0.2, 0.25) is 0 Å². The van der Waals surface area contributed by atoms with Crippen molar-refractivity contribution in [3.63, 3.8) is 0 Å².